The van der Waals surface area contributed by atoms with E-state index in [9.17, 15) is 4.39 Å². The molecule has 0 aromatic heterocycles. The van der Waals surface area contributed by atoms with Gasteiger partial charge in [-0.05, 0) is 38.5 Å². The maximum atomic E-state index is 13.9. The van der Waals surface area contributed by atoms with Crippen molar-refractivity contribution >= 4 is 11.4 Å². The molecule has 1 saturated carbocycles. The van der Waals surface area contributed by atoms with Gasteiger partial charge in [-0.15, -0.1) is 0 Å². The van der Waals surface area contributed by atoms with Crippen molar-refractivity contribution < 1.29 is 9.13 Å². The van der Waals surface area contributed by atoms with Gasteiger partial charge in [0.25, 0.3) is 0 Å². The molecule has 3 nitrogen and oxygen atoms in total. The Bertz CT molecular complexity index is 500. The molecule has 1 aliphatic rings. The number of rotatable bonds is 4. The maximum Gasteiger partial charge on any atom is 0.167 e. The molecule has 0 heterocycles. The summed E-state index contributed by atoms with van der Waals surface area (Å²) < 4.78 is 19.4. The Morgan fingerprint density at radius 2 is 2.10 bits per heavy atom. The topological polar surface area (TPSA) is 47.3 Å². The van der Waals surface area contributed by atoms with Crippen LogP contribution in [0.25, 0.3) is 0 Å². The van der Waals surface area contributed by atoms with Crippen molar-refractivity contribution in [3.05, 3.63) is 17.9 Å². The number of benzene rings is 1. The van der Waals surface area contributed by atoms with E-state index in [4.69, 9.17) is 10.5 Å². The Balaban J connectivity index is 2.15. The van der Waals surface area contributed by atoms with Crippen LogP contribution < -0.4 is 15.8 Å². The standard InChI is InChI=1S/C17H27FN2O/c1-11(2)21-16-9-15(14(19)8-13(16)18)20-12-6-5-7-17(3,4)10-12/h8-9,11-12,20H,5-7,10,19H2,1-4H3. The maximum absolute atomic E-state index is 13.9. The van der Waals surface area contributed by atoms with Crippen molar-refractivity contribution in [2.24, 2.45) is 5.41 Å². The lowest BCUT2D eigenvalue weighted by Crippen LogP contribution is -2.32. The third kappa shape index (κ3) is 4.26. The van der Waals surface area contributed by atoms with Crippen molar-refractivity contribution in [1.82, 2.24) is 0 Å². The first kappa shape index (κ1) is 15.9. The number of halogens is 1. The Morgan fingerprint density at radius 1 is 1.38 bits per heavy atom. The van der Waals surface area contributed by atoms with Gasteiger partial charge in [0, 0.05) is 18.2 Å². The van der Waals surface area contributed by atoms with Gasteiger partial charge in [0.2, 0.25) is 0 Å². The predicted molar refractivity (Wildman–Crippen MR) is 86.2 cm³/mol. The first-order chi connectivity index (χ1) is 9.77. The summed E-state index contributed by atoms with van der Waals surface area (Å²) in [5.74, 6) is -0.146. The molecule has 0 radical (unpaired) electrons. The molecule has 3 N–H and O–H groups in total. The molecule has 0 spiro atoms. The molecule has 2 rings (SSSR count). The summed E-state index contributed by atoms with van der Waals surface area (Å²) in [7, 11) is 0. The summed E-state index contributed by atoms with van der Waals surface area (Å²) >= 11 is 0. The Hall–Kier alpha value is -1.45. The van der Waals surface area contributed by atoms with E-state index < -0.39 is 5.82 Å². The molecule has 4 heteroatoms. The SMILES string of the molecule is CC(C)Oc1cc(NC2CCCC(C)(C)C2)c(N)cc1F. The van der Waals surface area contributed by atoms with E-state index in [0.717, 1.165) is 18.5 Å². The third-order valence-electron chi connectivity index (χ3n) is 4.03. The summed E-state index contributed by atoms with van der Waals surface area (Å²) in [6.45, 7) is 8.35. The highest BCUT2D eigenvalue weighted by Gasteiger charge is 2.28. The van der Waals surface area contributed by atoms with E-state index in [1.54, 1.807) is 6.07 Å². The van der Waals surface area contributed by atoms with Crippen LogP contribution in [0.4, 0.5) is 15.8 Å². The van der Waals surface area contributed by atoms with Gasteiger partial charge < -0.3 is 15.8 Å². The smallest absolute Gasteiger partial charge is 0.167 e. The first-order valence-corrected chi connectivity index (χ1v) is 7.79. The third-order valence-corrected chi connectivity index (χ3v) is 4.03. The molecule has 0 bridgehead atoms. The Morgan fingerprint density at radius 3 is 2.71 bits per heavy atom. The van der Waals surface area contributed by atoms with Crippen LogP contribution in [0.5, 0.6) is 5.75 Å². The zero-order chi connectivity index (χ0) is 15.6. The van der Waals surface area contributed by atoms with Crippen LogP contribution >= 0.6 is 0 Å². The van der Waals surface area contributed by atoms with Gasteiger partial charge in [0.15, 0.2) is 11.6 Å². The minimum atomic E-state index is -0.407. The molecular weight excluding hydrogens is 267 g/mol. The van der Waals surface area contributed by atoms with Gasteiger partial charge in [-0.25, -0.2) is 4.39 Å². The molecule has 1 atom stereocenters. The molecule has 21 heavy (non-hydrogen) atoms. The highest BCUT2D eigenvalue weighted by Crippen LogP contribution is 2.38. The number of anilines is 2. The lowest BCUT2D eigenvalue weighted by atomic mass is 9.75. The lowest BCUT2D eigenvalue weighted by Gasteiger charge is -2.36. The minimum absolute atomic E-state index is 0.0652. The minimum Gasteiger partial charge on any atom is -0.488 e. The van der Waals surface area contributed by atoms with Crippen LogP contribution in [-0.2, 0) is 0 Å². The first-order valence-electron chi connectivity index (χ1n) is 7.79. The number of ether oxygens (including phenoxy) is 1. The van der Waals surface area contributed by atoms with Crippen LogP contribution in [-0.4, -0.2) is 12.1 Å². The summed E-state index contributed by atoms with van der Waals surface area (Å²) in [4.78, 5) is 0. The average Bonchev–Trinajstić information content (AvgIpc) is 2.33. The fourth-order valence-corrected chi connectivity index (χ4v) is 3.08. The summed E-state index contributed by atoms with van der Waals surface area (Å²) in [5.41, 5.74) is 7.51. The molecule has 0 amide bonds. The monoisotopic (exact) mass is 294 g/mol. The normalized spacial score (nSPS) is 21.3. The van der Waals surface area contributed by atoms with Crippen LogP contribution in [0.2, 0.25) is 0 Å². The second kappa shape index (κ2) is 6.12. The molecule has 1 aromatic carbocycles. The van der Waals surface area contributed by atoms with Crippen molar-refractivity contribution in [3.63, 3.8) is 0 Å². The van der Waals surface area contributed by atoms with Crippen LogP contribution in [0, 0.1) is 11.2 Å². The number of nitrogen functional groups attached to an aromatic ring is 1. The van der Waals surface area contributed by atoms with Crippen LogP contribution in [0.15, 0.2) is 12.1 Å². The molecular formula is C17H27FN2O. The van der Waals surface area contributed by atoms with Gasteiger partial charge in [-0.3, -0.25) is 0 Å². The second-order valence-electron chi connectivity index (χ2n) is 7.14. The number of nitrogens with one attached hydrogen (secondary N) is 1. The van der Waals surface area contributed by atoms with Gasteiger partial charge in [-0.1, -0.05) is 20.3 Å². The Labute approximate surface area is 127 Å². The van der Waals surface area contributed by atoms with E-state index in [2.05, 4.69) is 19.2 Å². The molecule has 1 aliphatic carbocycles. The van der Waals surface area contributed by atoms with Gasteiger partial charge in [-0.2, -0.15) is 0 Å². The fourth-order valence-electron chi connectivity index (χ4n) is 3.08. The summed E-state index contributed by atoms with van der Waals surface area (Å²) in [5, 5.41) is 3.47. The summed E-state index contributed by atoms with van der Waals surface area (Å²) in [6.07, 6.45) is 4.63. The highest BCUT2D eigenvalue weighted by molar-refractivity contribution is 5.69. The van der Waals surface area contributed by atoms with Gasteiger partial charge >= 0.3 is 0 Å². The van der Waals surface area contributed by atoms with Gasteiger partial charge in [0.05, 0.1) is 17.5 Å². The quantitative estimate of drug-likeness (QED) is 0.799. The second-order valence-corrected chi connectivity index (χ2v) is 7.14. The van der Waals surface area contributed by atoms with Crippen LogP contribution in [0.1, 0.15) is 53.4 Å². The molecule has 1 aromatic rings. The van der Waals surface area contributed by atoms with Crippen molar-refractivity contribution in [2.75, 3.05) is 11.1 Å². The molecule has 0 aliphatic heterocycles. The zero-order valence-corrected chi connectivity index (χ0v) is 13.5. The van der Waals surface area contributed by atoms with E-state index in [0.29, 0.717) is 17.1 Å². The molecule has 1 unspecified atom stereocenters. The highest BCUT2D eigenvalue weighted by atomic mass is 19.1. The molecule has 0 saturated heterocycles. The van der Waals surface area contributed by atoms with Gasteiger partial charge in [0.1, 0.15) is 0 Å². The van der Waals surface area contributed by atoms with E-state index in [1.807, 2.05) is 13.8 Å². The van der Waals surface area contributed by atoms with Crippen molar-refractivity contribution in [1.29, 1.82) is 0 Å². The lowest BCUT2D eigenvalue weighted by molar-refractivity contribution is 0.228. The molecule has 118 valence electrons. The Kier molecular flexibility index (Phi) is 4.64. The summed E-state index contributed by atoms with van der Waals surface area (Å²) in [6, 6.07) is 3.41. The largest absolute Gasteiger partial charge is 0.488 e. The number of hydrogen-bond acceptors (Lipinski definition) is 3. The van der Waals surface area contributed by atoms with E-state index in [1.165, 1.54) is 18.9 Å². The van der Waals surface area contributed by atoms with E-state index in [-0.39, 0.29) is 11.9 Å². The number of nitrogens with two attached hydrogens (primary N) is 1. The van der Waals surface area contributed by atoms with Crippen LogP contribution in [0.3, 0.4) is 0 Å². The van der Waals surface area contributed by atoms with Crippen molar-refractivity contribution in [3.8, 4) is 5.75 Å². The fraction of sp³-hybridized carbons (Fsp3) is 0.647. The van der Waals surface area contributed by atoms with Crippen molar-refractivity contribution in [2.45, 2.75) is 65.5 Å². The van der Waals surface area contributed by atoms with E-state index >= 15 is 0 Å². The number of hydrogen-bond donors (Lipinski definition) is 2. The average molecular weight is 294 g/mol. The zero-order valence-electron chi connectivity index (χ0n) is 13.5. The molecule has 1 fully saturated rings. The predicted octanol–water partition coefficient (Wildman–Crippen LogP) is 4.58.